The minimum atomic E-state index is -3.39. The number of hydrogen-bond acceptors (Lipinski definition) is 6. The van der Waals surface area contributed by atoms with Crippen LogP contribution in [0.4, 0.5) is 4.79 Å². The highest BCUT2D eigenvalue weighted by Gasteiger charge is 2.33. The van der Waals surface area contributed by atoms with Crippen LogP contribution in [0.25, 0.3) is 0 Å². The van der Waals surface area contributed by atoms with E-state index in [-0.39, 0.29) is 42.4 Å². The summed E-state index contributed by atoms with van der Waals surface area (Å²) in [4.78, 5) is 28.8. The highest BCUT2D eigenvalue weighted by Crippen LogP contribution is 2.22. The lowest BCUT2D eigenvalue weighted by Gasteiger charge is -2.39. The van der Waals surface area contributed by atoms with E-state index in [0.29, 0.717) is 65.3 Å². The van der Waals surface area contributed by atoms with Crippen molar-refractivity contribution in [3.05, 3.63) is 0 Å². The highest BCUT2D eigenvalue weighted by molar-refractivity contribution is 7.89. The molecule has 3 amide bonds. The quantitative estimate of drug-likeness (QED) is 0.622. The first-order chi connectivity index (χ1) is 14.3. The average molecular weight is 447 g/mol. The van der Waals surface area contributed by atoms with Gasteiger partial charge in [0.25, 0.3) is 0 Å². The zero-order valence-corrected chi connectivity index (χ0v) is 18.7. The normalized spacial score (nSPS) is 27.1. The van der Waals surface area contributed by atoms with Gasteiger partial charge in [-0.3, -0.25) is 4.79 Å². The first-order valence-corrected chi connectivity index (χ1v) is 12.4. The number of ether oxygens (including phenoxy) is 2. The summed E-state index contributed by atoms with van der Waals surface area (Å²) in [6.07, 6.45) is 1.33. The summed E-state index contributed by atoms with van der Waals surface area (Å²) in [5.41, 5.74) is 0. The largest absolute Gasteiger partial charge is 0.379 e. The number of nitrogens with one attached hydrogen (secondary N) is 1. The molecule has 3 aliphatic heterocycles. The zero-order valence-electron chi connectivity index (χ0n) is 17.9. The van der Waals surface area contributed by atoms with Crippen molar-refractivity contribution in [1.29, 1.82) is 0 Å². The van der Waals surface area contributed by atoms with Gasteiger partial charge in [0, 0.05) is 51.7 Å². The van der Waals surface area contributed by atoms with Gasteiger partial charge in [-0.1, -0.05) is 0 Å². The Bertz CT molecular complexity index is 694. The van der Waals surface area contributed by atoms with Crippen LogP contribution in [0.3, 0.4) is 0 Å². The Morgan fingerprint density at radius 2 is 1.57 bits per heavy atom. The van der Waals surface area contributed by atoms with Crippen LogP contribution in [0.2, 0.25) is 0 Å². The molecule has 172 valence electrons. The highest BCUT2D eigenvalue weighted by atomic mass is 32.2. The van der Waals surface area contributed by atoms with Crippen molar-refractivity contribution in [2.45, 2.75) is 38.9 Å². The second-order valence-electron chi connectivity index (χ2n) is 8.32. The number of amides is 3. The van der Waals surface area contributed by atoms with E-state index in [1.165, 1.54) is 4.31 Å². The van der Waals surface area contributed by atoms with E-state index in [1.54, 1.807) is 4.90 Å². The number of rotatable bonds is 5. The molecule has 0 radical (unpaired) electrons. The van der Waals surface area contributed by atoms with E-state index in [1.807, 2.05) is 18.7 Å². The van der Waals surface area contributed by atoms with Gasteiger partial charge in [0.05, 0.1) is 31.2 Å². The molecule has 30 heavy (non-hydrogen) atoms. The molecule has 1 N–H and O–H groups in total. The lowest BCUT2D eigenvalue weighted by Crippen LogP contribution is -2.52. The topological polar surface area (TPSA) is 108 Å². The summed E-state index contributed by atoms with van der Waals surface area (Å²) >= 11 is 0. The van der Waals surface area contributed by atoms with E-state index in [9.17, 15) is 18.0 Å². The molecule has 3 heterocycles. The van der Waals surface area contributed by atoms with Gasteiger partial charge in [-0.15, -0.1) is 0 Å². The second-order valence-corrected chi connectivity index (χ2v) is 10.4. The maximum Gasteiger partial charge on any atom is 0.317 e. The molecular formula is C19H34N4O6S. The van der Waals surface area contributed by atoms with Gasteiger partial charge >= 0.3 is 6.03 Å². The summed E-state index contributed by atoms with van der Waals surface area (Å²) in [5.74, 6) is -0.0527. The number of sulfonamides is 1. The van der Waals surface area contributed by atoms with Crippen molar-refractivity contribution in [1.82, 2.24) is 19.4 Å². The van der Waals surface area contributed by atoms with Crippen molar-refractivity contribution < 1.29 is 27.5 Å². The van der Waals surface area contributed by atoms with Crippen molar-refractivity contribution >= 4 is 22.0 Å². The third-order valence-electron chi connectivity index (χ3n) is 5.86. The molecule has 3 rings (SSSR count). The Morgan fingerprint density at radius 3 is 2.17 bits per heavy atom. The molecule has 3 aliphatic rings. The fourth-order valence-electron chi connectivity index (χ4n) is 4.30. The summed E-state index contributed by atoms with van der Waals surface area (Å²) < 4.78 is 36.9. The summed E-state index contributed by atoms with van der Waals surface area (Å²) in [6, 6.07) is -0.272. The van der Waals surface area contributed by atoms with Crippen LogP contribution in [-0.2, 0) is 24.3 Å². The maximum absolute atomic E-state index is 12.8. The van der Waals surface area contributed by atoms with Gasteiger partial charge in [0.1, 0.15) is 0 Å². The Labute approximate surface area is 178 Å². The first kappa shape index (κ1) is 23.2. The van der Waals surface area contributed by atoms with Crippen molar-refractivity contribution in [3.8, 4) is 0 Å². The molecule has 0 bridgehead atoms. The van der Waals surface area contributed by atoms with Gasteiger partial charge in [0.15, 0.2) is 0 Å². The van der Waals surface area contributed by atoms with Gasteiger partial charge in [-0.2, -0.15) is 4.31 Å². The van der Waals surface area contributed by atoms with Crippen molar-refractivity contribution in [2.75, 3.05) is 64.8 Å². The third-order valence-corrected chi connectivity index (χ3v) is 7.73. The first-order valence-electron chi connectivity index (χ1n) is 10.8. The minimum absolute atomic E-state index is 0.0392. The standard InChI is InChI=1S/C19H34N4O6S/c1-15-13-22(14-16(2)29-15)18(24)17-3-6-21(7-4-17)19(25)20-5-12-30(26,27)23-8-10-28-11-9-23/h15-17H,3-14H2,1-2H3,(H,20,25). The smallest absolute Gasteiger partial charge is 0.317 e. The molecule has 3 fully saturated rings. The summed E-state index contributed by atoms with van der Waals surface area (Å²) in [5, 5.41) is 2.70. The summed E-state index contributed by atoms with van der Waals surface area (Å²) in [7, 11) is -3.39. The number of morpholine rings is 2. The van der Waals surface area contributed by atoms with E-state index in [2.05, 4.69) is 5.32 Å². The second kappa shape index (κ2) is 10.3. The Morgan fingerprint density at radius 1 is 0.967 bits per heavy atom. The molecule has 10 nitrogen and oxygen atoms in total. The summed E-state index contributed by atoms with van der Waals surface area (Å²) in [6.45, 7) is 7.76. The van der Waals surface area contributed by atoms with Crippen LogP contribution >= 0.6 is 0 Å². The molecule has 0 spiro atoms. The van der Waals surface area contributed by atoms with Gasteiger partial charge in [0.2, 0.25) is 15.9 Å². The predicted molar refractivity (Wildman–Crippen MR) is 110 cm³/mol. The number of urea groups is 1. The van der Waals surface area contributed by atoms with Gasteiger partial charge < -0.3 is 24.6 Å². The predicted octanol–water partition coefficient (Wildman–Crippen LogP) is -0.294. The Balaban J connectivity index is 1.39. The fraction of sp³-hybridized carbons (Fsp3) is 0.895. The van der Waals surface area contributed by atoms with Crippen molar-refractivity contribution in [3.63, 3.8) is 0 Å². The zero-order chi connectivity index (χ0) is 21.7. The van der Waals surface area contributed by atoms with Crippen LogP contribution in [0.5, 0.6) is 0 Å². The Hall–Kier alpha value is -1.43. The lowest BCUT2D eigenvalue weighted by atomic mass is 9.95. The van der Waals surface area contributed by atoms with E-state index < -0.39 is 10.0 Å². The van der Waals surface area contributed by atoms with E-state index >= 15 is 0 Å². The van der Waals surface area contributed by atoms with Gasteiger partial charge in [-0.05, 0) is 26.7 Å². The molecule has 0 aromatic heterocycles. The molecule has 11 heteroatoms. The molecular weight excluding hydrogens is 412 g/mol. The van der Waals surface area contributed by atoms with Crippen LogP contribution in [-0.4, -0.2) is 111 Å². The minimum Gasteiger partial charge on any atom is -0.379 e. The number of nitrogens with zero attached hydrogens (tertiary/aromatic N) is 3. The molecule has 0 aromatic carbocycles. The van der Waals surface area contributed by atoms with Crippen LogP contribution in [0.1, 0.15) is 26.7 Å². The van der Waals surface area contributed by atoms with E-state index in [4.69, 9.17) is 9.47 Å². The monoisotopic (exact) mass is 446 g/mol. The lowest BCUT2D eigenvalue weighted by molar-refractivity contribution is -0.148. The number of likely N-dealkylation sites (tertiary alicyclic amines) is 1. The average Bonchev–Trinajstić information content (AvgIpc) is 2.73. The number of piperidine rings is 1. The van der Waals surface area contributed by atoms with E-state index in [0.717, 1.165) is 0 Å². The molecule has 2 atom stereocenters. The number of hydrogen-bond donors (Lipinski definition) is 1. The van der Waals surface area contributed by atoms with Crippen LogP contribution in [0.15, 0.2) is 0 Å². The molecule has 0 saturated carbocycles. The molecule has 2 unspecified atom stereocenters. The number of carbonyl (C=O) groups is 2. The van der Waals surface area contributed by atoms with Crippen molar-refractivity contribution in [2.24, 2.45) is 5.92 Å². The maximum atomic E-state index is 12.8. The van der Waals surface area contributed by atoms with Gasteiger partial charge in [-0.25, -0.2) is 13.2 Å². The SMILES string of the molecule is CC1CN(C(=O)C2CCN(C(=O)NCCS(=O)(=O)N3CCOCC3)CC2)CC(C)O1. The molecule has 0 aromatic rings. The molecule has 0 aliphatic carbocycles. The third kappa shape index (κ3) is 6.05. The Kier molecular flexibility index (Phi) is 7.94. The fourth-order valence-corrected chi connectivity index (χ4v) is 5.62. The van der Waals surface area contributed by atoms with Crippen LogP contribution in [0, 0.1) is 5.92 Å². The van der Waals surface area contributed by atoms with Crippen LogP contribution < -0.4 is 5.32 Å². The number of carbonyl (C=O) groups excluding carboxylic acids is 2. The molecule has 3 saturated heterocycles.